The molecule has 3 heterocycles. The van der Waals surface area contributed by atoms with Gasteiger partial charge in [-0.15, -0.1) is 0 Å². The smallest absolute Gasteiger partial charge is 0.261 e. The third-order valence-corrected chi connectivity index (χ3v) is 6.07. The van der Waals surface area contributed by atoms with Crippen LogP contribution >= 0.6 is 0 Å². The van der Waals surface area contributed by atoms with Crippen molar-refractivity contribution in [2.24, 2.45) is 0 Å². The zero-order valence-corrected chi connectivity index (χ0v) is 16.6. The standard InChI is InChI=1S/C21H31N5O2/c27-15-14-26-17-22-20-16-18(4-5-19(20)21(26)28)25-12-10-24(11-13-25)9-8-23-6-2-1-3-7-23/h4-5,16-17,27H,1-3,6-15H2. The normalized spacial score (nSPS) is 19.4. The molecule has 2 aliphatic rings. The molecule has 0 spiro atoms. The Morgan fingerprint density at radius 2 is 1.61 bits per heavy atom. The Balaban J connectivity index is 1.35. The molecule has 0 amide bonds. The topological polar surface area (TPSA) is 64.8 Å². The van der Waals surface area contributed by atoms with Crippen LogP contribution in [0, 0.1) is 0 Å². The lowest BCUT2D eigenvalue weighted by molar-refractivity contribution is 0.177. The Morgan fingerprint density at radius 3 is 2.32 bits per heavy atom. The molecule has 7 nitrogen and oxygen atoms in total. The van der Waals surface area contributed by atoms with Crippen molar-refractivity contribution < 1.29 is 5.11 Å². The number of aliphatic hydroxyl groups is 1. The largest absolute Gasteiger partial charge is 0.395 e. The SMILES string of the molecule is O=c1c2ccc(N3CCN(CCN4CCCCC4)CC3)cc2ncn1CCO. The Morgan fingerprint density at radius 1 is 0.893 bits per heavy atom. The second-order valence-electron chi connectivity index (χ2n) is 7.90. The summed E-state index contributed by atoms with van der Waals surface area (Å²) >= 11 is 0. The van der Waals surface area contributed by atoms with Crippen molar-refractivity contribution in [3.8, 4) is 0 Å². The van der Waals surface area contributed by atoms with Crippen LogP contribution in [0.5, 0.6) is 0 Å². The van der Waals surface area contributed by atoms with Gasteiger partial charge in [-0.25, -0.2) is 4.98 Å². The third-order valence-electron chi connectivity index (χ3n) is 6.07. The quantitative estimate of drug-likeness (QED) is 0.800. The van der Waals surface area contributed by atoms with Crippen molar-refractivity contribution in [2.45, 2.75) is 25.8 Å². The highest BCUT2D eigenvalue weighted by Gasteiger charge is 2.19. The first-order valence-electron chi connectivity index (χ1n) is 10.5. The first-order valence-corrected chi connectivity index (χ1v) is 10.5. The maximum Gasteiger partial charge on any atom is 0.261 e. The number of hydrogen-bond donors (Lipinski definition) is 1. The van der Waals surface area contributed by atoms with Crippen LogP contribution in [0.2, 0.25) is 0 Å². The van der Waals surface area contributed by atoms with Gasteiger partial charge >= 0.3 is 0 Å². The van der Waals surface area contributed by atoms with E-state index < -0.39 is 0 Å². The molecule has 28 heavy (non-hydrogen) atoms. The van der Waals surface area contributed by atoms with Crippen LogP contribution in [0.1, 0.15) is 19.3 Å². The number of piperidine rings is 1. The summed E-state index contributed by atoms with van der Waals surface area (Å²) in [5.74, 6) is 0. The van der Waals surface area contributed by atoms with E-state index in [4.69, 9.17) is 5.11 Å². The fourth-order valence-corrected chi connectivity index (χ4v) is 4.31. The monoisotopic (exact) mass is 385 g/mol. The highest BCUT2D eigenvalue weighted by molar-refractivity contribution is 5.81. The number of likely N-dealkylation sites (tertiary alicyclic amines) is 1. The highest BCUT2D eigenvalue weighted by Crippen LogP contribution is 2.20. The van der Waals surface area contributed by atoms with Crippen molar-refractivity contribution in [3.05, 3.63) is 34.9 Å². The Bertz CT molecular complexity index is 838. The second-order valence-corrected chi connectivity index (χ2v) is 7.90. The average Bonchev–Trinajstić information content (AvgIpc) is 2.75. The number of aromatic nitrogens is 2. The van der Waals surface area contributed by atoms with Crippen LogP contribution in [-0.4, -0.2) is 83.4 Å². The Kier molecular flexibility index (Phi) is 6.24. The van der Waals surface area contributed by atoms with Gasteiger partial charge in [0.2, 0.25) is 0 Å². The van der Waals surface area contributed by atoms with Crippen molar-refractivity contribution in [1.82, 2.24) is 19.4 Å². The minimum atomic E-state index is -0.0897. The summed E-state index contributed by atoms with van der Waals surface area (Å²) in [7, 11) is 0. The Labute approximate surface area is 166 Å². The van der Waals surface area contributed by atoms with Gasteiger partial charge in [0.25, 0.3) is 5.56 Å². The molecule has 2 aromatic rings. The molecule has 0 radical (unpaired) electrons. The molecule has 1 aromatic carbocycles. The summed E-state index contributed by atoms with van der Waals surface area (Å²) in [4.78, 5) is 24.4. The van der Waals surface area contributed by atoms with Crippen LogP contribution in [0.4, 0.5) is 5.69 Å². The van der Waals surface area contributed by atoms with Crippen LogP contribution in [0.15, 0.2) is 29.3 Å². The van der Waals surface area contributed by atoms with Gasteiger partial charge in [0, 0.05) is 45.0 Å². The van der Waals surface area contributed by atoms with E-state index in [1.165, 1.54) is 49.8 Å². The van der Waals surface area contributed by atoms with Crippen LogP contribution in [-0.2, 0) is 6.54 Å². The maximum atomic E-state index is 12.4. The molecule has 4 rings (SSSR count). The number of piperazine rings is 1. The number of fused-ring (bicyclic) bond motifs is 1. The van der Waals surface area contributed by atoms with E-state index in [0.717, 1.165) is 43.9 Å². The number of anilines is 1. The minimum absolute atomic E-state index is 0.0623. The number of nitrogens with zero attached hydrogens (tertiary/aromatic N) is 5. The van der Waals surface area contributed by atoms with Gasteiger partial charge in [0.1, 0.15) is 0 Å². The fourth-order valence-electron chi connectivity index (χ4n) is 4.31. The van der Waals surface area contributed by atoms with Gasteiger partial charge in [0.15, 0.2) is 0 Å². The zero-order chi connectivity index (χ0) is 19.3. The molecule has 0 unspecified atom stereocenters. The molecule has 152 valence electrons. The lowest BCUT2D eigenvalue weighted by Gasteiger charge is -2.37. The molecule has 2 aliphatic heterocycles. The summed E-state index contributed by atoms with van der Waals surface area (Å²) in [5.41, 5.74) is 1.77. The van der Waals surface area contributed by atoms with Crippen molar-refractivity contribution in [3.63, 3.8) is 0 Å². The first-order chi connectivity index (χ1) is 13.7. The predicted octanol–water partition coefficient (Wildman–Crippen LogP) is 0.997. The second kappa shape index (κ2) is 9.03. The summed E-state index contributed by atoms with van der Waals surface area (Å²) in [6, 6.07) is 5.91. The predicted molar refractivity (Wildman–Crippen MR) is 112 cm³/mol. The molecule has 7 heteroatoms. The van der Waals surface area contributed by atoms with Crippen LogP contribution in [0.25, 0.3) is 10.9 Å². The van der Waals surface area contributed by atoms with Gasteiger partial charge < -0.3 is 14.9 Å². The van der Waals surface area contributed by atoms with Gasteiger partial charge in [0.05, 0.1) is 30.4 Å². The first kappa shape index (κ1) is 19.4. The van der Waals surface area contributed by atoms with Gasteiger partial charge in [-0.1, -0.05) is 6.42 Å². The average molecular weight is 386 g/mol. The highest BCUT2D eigenvalue weighted by atomic mass is 16.3. The van der Waals surface area contributed by atoms with E-state index in [9.17, 15) is 4.79 Å². The van der Waals surface area contributed by atoms with E-state index >= 15 is 0 Å². The molecule has 2 saturated heterocycles. The van der Waals surface area contributed by atoms with Crippen LogP contribution < -0.4 is 10.5 Å². The molecule has 1 aromatic heterocycles. The van der Waals surface area contributed by atoms with Crippen molar-refractivity contribution in [1.29, 1.82) is 0 Å². The van der Waals surface area contributed by atoms with E-state index in [1.807, 2.05) is 18.2 Å². The lowest BCUT2D eigenvalue weighted by Crippen LogP contribution is -2.48. The summed E-state index contributed by atoms with van der Waals surface area (Å²) in [6.07, 6.45) is 5.64. The fraction of sp³-hybridized carbons (Fsp3) is 0.619. The van der Waals surface area contributed by atoms with Crippen LogP contribution in [0.3, 0.4) is 0 Å². The minimum Gasteiger partial charge on any atom is -0.395 e. The molecular formula is C21H31N5O2. The van der Waals surface area contributed by atoms with Gasteiger partial charge in [-0.05, 0) is 44.1 Å². The van der Waals surface area contributed by atoms with Gasteiger partial charge in [-0.2, -0.15) is 0 Å². The van der Waals surface area contributed by atoms with Crippen molar-refractivity contribution >= 4 is 16.6 Å². The third kappa shape index (κ3) is 4.37. The molecule has 0 atom stereocenters. The number of benzene rings is 1. The molecule has 0 aliphatic carbocycles. The molecule has 0 bridgehead atoms. The summed E-state index contributed by atoms with van der Waals surface area (Å²) in [6.45, 7) is 9.29. The lowest BCUT2D eigenvalue weighted by atomic mass is 10.1. The summed E-state index contributed by atoms with van der Waals surface area (Å²) < 4.78 is 1.46. The number of rotatable bonds is 6. The zero-order valence-electron chi connectivity index (χ0n) is 16.6. The summed E-state index contributed by atoms with van der Waals surface area (Å²) in [5, 5.41) is 9.67. The number of hydrogen-bond acceptors (Lipinski definition) is 6. The molecule has 2 fully saturated rings. The number of aliphatic hydroxyl groups excluding tert-OH is 1. The molecule has 0 saturated carbocycles. The van der Waals surface area contributed by atoms with E-state index in [2.05, 4.69) is 19.7 Å². The maximum absolute atomic E-state index is 12.4. The van der Waals surface area contributed by atoms with E-state index in [-0.39, 0.29) is 18.7 Å². The molecular weight excluding hydrogens is 354 g/mol. The Hall–Kier alpha value is -1.96. The van der Waals surface area contributed by atoms with E-state index in [0.29, 0.717) is 5.39 Å². The van der Waals surface area contributed by atoms with E-state index in [1.54, 1.807) is 0 Å². The van der Waals surface area contributed by atoms with Gasteiger partial charge in [-0.3, -0.25) is 14.3 Å². The van der Waals surface area contributed by atoms with Crippen molar-refractivity contribution in [2.75, 3.05) is 63.9 Å². The molecule has 1 N–H and O–H groups in total.